The first-order valence-corrected chi connectivity index (χ1v) is 21.5. The molecule has 300 valence electrons. The van der Waals surface area contributed by atoms with Crippen LogP contribution < -0.4 is 14.8 Å². The summed E-state index contributed by atoms with van der Waals surface area (Å²) < 4.78 is 10.6. The van der Waals surface area contributed by atoms with Gasteiger partial charge in [0.05, 0.1) is 12.8 Å². The third kappa shape index (κ3) is 9.88. The second-order valence-corrected chi connectivity index (χ2v) is 17.5. The van der Waals surface area contributed by atoms with Crippen molar-refractivity contribution >= 4 is 63.4 Å². The van der Waals surface area contributed by atoms with Crippen LogP contribution in [0.2, 0.25) is 10.0 Å². The number of esters is 1. The molecule has 1 N–H and O–H groups in total. The van der Waals surface area contributed by atoms with Crippen molar-refractivity contribution in [2.45, 2.75) is 76.5 Å². The van der Waals surface area contributed by atoms with Crippen molar-refractivity contribution in [3.63, 3.8) is 0 Å². The molecule has 0 saturated heterocycles. The number of aromatic nitrogens is 2. The standard InChI is InChI=1S/C24H26ClNO.C23H21ClN2O4S/c25-21-4-2-20(3-5-21)23-12-18-11-19(13-23)15-24(14-18,16-23)22(27)6-1-17-7-9-26-10-8-17;1-3-4-22(28)30-19-11-5-15(13-20(19)29-2)6-12-21(27)26-23-25-18(14-31-23)16-7-9-17(24)10-8-16/h2-5,7-10,18-19H,1,6,11-16H2;5-14H,3-4H2,1-2H3,(H,25,26,27)/b;12-6+. The third-order valence-corrected chi connectivity index (χ3v) is 12.9. The van der Waals surface area contributed by atoms with E-state index >= 15 is 0 Å². The molecule has 3 aromatic carbocycles. The lowest BCUT2D eigenvalue weighted by molar-refractivity contribution is -0.146. The highest BCUT2D eigenvalue weighted by Gasteiger charge is 2.60. The van der Waals surface area contributed by atoms with Gasteiger partial charge in [-0.05, 0) is 140 Å². The Labute approximate surface area is 354 Å². The number of amides is 1. The number of hydrogen-bond acceptors (Lipinski definition) is 8. The van der Waals surface area contributed by atoms with Crippen LogP contribution in [0.15, 0.2) is 103 Å². The second-order valence-electron chi connectivity index (χ2n) is 15.8. The van der Waals surface area contributed by atoms with Gasteiger partial charge in [-0.3, -0.25) is 24.7 Å². The molecule has 4 aliphatic carbocycles. The number of ketones is 1. The molecule has 9 rings (SSSR count). The molecule has 58 heavy (non-hydrogen) atoms. The number of Topliss-reactive ketones (excluding diaryl/α,β-unsaturated/α-hetero) is 1. The molecule has 2 heterocycles. The molecule has 2 unspecified atom stereocenters. The van der Waals surface area contributed by atoms with Gasteiger partial charge in [-0.15, -0.1) is 11.3 Å². The van der Waals surface area contributed by atoms with Crippen LogP contribution in [0, 0.1) is 17.3 Å². The average Bonchev–Trinajstić information content (AvgIpc) is 3.68. The predicted octanol–water partition coefficient (Wildman–Crippen LogP) is 11.6. The molecule has 0 aliphatic heterocycles. The van der Waals surface area contributed by atoms with Crippen LogP contribution in [-0.4, -0.2) is 34.7 Å². The van der Waals surface area contributed by atoms with E-state index in [1.807, 2.05) is 61.1 Å². The number of methoxy groups -OCH3 is 1. The summed E-state index contributed by atoms with van der Waals surface area (Å²) >= 11 is 13.4. The van der Waals surface area contributed by atoms with Gasteiger partial charge in [0.15, 0.2) is 16.6 Å². The fourth-order valence-electron chi connectivity index (χ4n) is 9.46. The molecule has 4 aliphatic rings. The number of hydrogen-bond donors (Lipinski definition) is 1. The zero-order chi connectivity index (χ0) is 40.7. The van der Waals surface area contributed by atoms with E-state index in [0.29, 0.717) is 58.5 Å². The molecule has 2 atom stereocenters. The normalized spacial score (nSPS) is 21.6. The maximum atomic E-state index is 13.5. The van der Waals surface area contributed by atoms with Gasteiger partial charge in [-0.25, -0.2) is 4.98 Å². The maximum absolute atomic E-state index is 13.5. The highest BCUT2D eigenvalue weighted by molar-refractivity contribution is 7.14. The summed E-state index contributed by atoms with van der Waals surface area (Å²) in [5, 5.41) is 6.56. The monoisotopic (exact) mass is 835 g/mol. The van der Waals surface area contributed by atoms with Crippen molar-refractivity contribution in [3.05, 3.63) is 129 Å². The Morgan fingerprint density at radius 3 is 2.24 bits per heavy atom. The number of anilines is 1. The number of thiazole rings is 1. The van der Waals surface area contributed by atoms with Crippen LogP contribution in [0.3, 0.4) is 0 Å². The van der Waals surface area contributed by atoms with Gasteiger partial charge in [0, 0.05) is 57.7 Å². The zero-order valence-electron chi connectivity index (χ0n) is 32.7. The molecular formula is C47H47Cl2N3O5S. The molecule has 4 saturated carbocycles. The van der Waals surface area contributed by atoms with Crippen molar-refractivity contribution in [1.82, 2.24) is 9.97 Å². The Balaban J connectivity index is 0.000000178. The minimum Gasteiger partial charge on any atom is -0.493 e. The van der Waals surface area contributed by atoms with E-state index in [1.165, 1.54) is 54.9 Å². The van der Waals surface area contributed by atoms with Crippen LogP contribution in [0.25, 0.3) is 17.3 Å². The van der Waals surface area contributed by atoms with Crippen molar-refractivity contribution in [3.8, 4) is 22.8 Å². The first kappa shape index (κ1) is 41.3. The first-order valence-electron chi connectivity index (χ1n) is 19.8. The smallest absolute Gasteiger partial charge is 0.311 e. The Morgan fingerprint density at radius 1 is 0.879 bits per heavy atom. The van der Waals surface area contributed by atoms with E-state index in [9.17, 15) is 14.4 Å². The summed E-state index contributed by atoms with van der Waals surface area (Å²) in [5.41, 5.74) is 5.14. The van der Waals surface area contributed by atoms with E-state index in [4.69, 9.17) is 32.7 Å². The number of nitrogens with one attached hydrogen (secondary N) is 1. The largest absolute Gasteiger partial charge is 0.493 e. The van der Waals surface area contributed by atoms with Crippen LogP contribution in [0.5, 0.6) is 11.5 Å². The Hall–Kier alpha value is -4.83. The van der Waals surface area contributed by atoms with Gasteiger partial charge < -0.3 is 9.47 Å². The van der Waals surface area contributed by atoms with Crippen LogP contribution in [0.4, 0.5) is 5.13 Å². The third-order valence-electron chi connectivity index (χ3n) is 11.7. The molecule has 5 aromatic rings. The lowest BCUT2D eigenvalue weighted by Gasteiger charge is -2.62. The molecular weight excluding hydrogens is 790 g/mol. The summed E-state index contributed by atoms with van der Waals surface area (Å²) in [6.07, 6.45) is 16.4. The van der Waals surface area contributed by atoms with Crippen molar-refractivity contribution in [2.75, 3.05) is 12.4 Å². The van der Waals surface area contributed by atoms with E-state index in [1.54, 1.807) is 36.4 Å². The van der Waals surface area contributed by atoms with E-state index in [2.05, 4.69) is 27.4 Å². The zero-order valence-corrected chi connectivity index (χ0v) is 35.0. The number of pyridine rings is 1. The molecule has 4 bridgehead atoms. The quantitative estimate of drug-likeness (QED) is 0.0715. The predicted molar refractivity (Wildman–Crippen MR) is 232 cm³/mol. The molecule has 1 amide bonds. The van der Waals surface area contributed by atoms with E-state index in [0.717, 1.165) is 47.5 Å². The number of ether oxygens (including phenoxy) is 2. The van der Waals surface area contributed by atoms with Gasteiger partial charge >= 0.3 is 5.97 Å². The fraction of sp³-hybridized carbons (Fsp3) is 0.340. The molecule has 8 nitrogen and oxygen atoms in total. The molecule has 2 aromatic heterocycles. The fourth-order valence-corrected chi connectivity index (χ4v) is 10.4. The number of nitrogens with zero attached hydrogens (tertiary/aromatic N) is 2. The minimum atomic E-state index is -0.315. The number of rotatable bonds is 13. The van der Waals surface area contributed by atoms with E-state index < -0.39 is 0 Å². The van der Waals surface area contributed by atoms with Crippen LogP contribution >= 0.6 is 34.5 Å². The summed E-state index contributed by atoms with van der Waals surface area (Å²) in [6.45, 7) is 1.90. The Bertz CT molecular complexity index is 2240. The van der Waals surface area contributed by atoms with Crippen molar-refractivity contribution in [1.29, 1.82) is 0 Å². The summed E-state index contributed by atoms with van der Waals surface area (Å²) in [7, 11) is 1.49. The van der Waals surface area contributed by atoms with Crippen LogP contribution in [-0.2, 0) is 26.2 Å². The van der Waals surface area contributed by atoms with Crippen molar-refractivity contribution in [2.24, 2.45) is 17.3 Å². The highest BCUT2D eigenvalue weighted by Crippen LogP contribution is 2.66. The lowest BCUT2D eigenvalue weighted by atomic mass is 9.42. The number of carbonyl (C=O) groups excluding carboxylic acids is 3. The second kappa shape index (κ2) is 18.4. The molecule has 11 heteroatoms. The van der Waals surface area contributed by atoms with Gasteiger partial charge in [-0.2, -0.15) is 0 Å². The maximum Gasteiger partial charge on any atom is 0.311 e. The number of carbonyl (C=O) groups is 3. The van der Waals surface area contributed by atoms with Crippen molar-refractivity contribution < 1.29 is 23.9 Å². The summed E-state index contributed by atoms with van der Waals surface area (Å²) in [4.78, 5) is 45.9. The summed E-state index contributed by atoms with van der Waals surface area (Å²) in [6, 6.07) is 24.9. The number of aryl methyl sites for hydroxylation is 1. The van der Waals surface area contributed by atoms with Gasteiger partial charge in [-0.1, -0.05) is 60.5 Å². The minimum absolute atomic E-state index is 0.0866. The SMILES string of the molecule is CCCC(=O)Oc1ccc(/C=C/C(=O)Nc2nc(-c3ccc(Cl)cc3)cs2)cc1OC.O=C(CCc1ccncc1)C12CC3CC(C1)CC(c1ccc(Cl)cc1)(C3)C2. The first-order chi connectivity index (χ1) is 28.0. The van der Waals surface area contributed by atoms with E-state index in [-0.39, 0.29) is 22.7 Å². The average molecular weight is 837 g/mol. The molecule has 0 spiro atoms. The van der Waals surface area contributed by atoms with Crippen LogP contribution in [0.1, 0.15) is 81.4 Å². The highest BCUT2D eigenvalue weighted by atomic mass is 35.5. The number of halogens is 2. The Kier molecular flexibility index (Phi) is 13.1. The lowest BCUT2D eigenvalue weighted by Crippen LogP contribution is -2.56. The number of benzene rings is 3. The molecule has 0 radical (unpaired) electrons. The Morgan fingerprint density at radius 2 is 1.57 bits per heavy atom. The van der Waals surface area contributed by atoms with Gasteiger partial charge in [0.1, 0.15) is 5.78 Å². The van der Waals surface area contributed by atoms with Gasteiger partial charge in [0.2, 0.25) is 5.91 Å². The van der Waals surface area contributed by atoms with Gasteiger partial charge in [0.25, 0.3) is 0 Å². The topological polar surface area (TPSA) is 107 Å². The summed E-state index contributed by atoms with van der Waals surface area (Å²) in [5.74, 6) is 2.07. The molecule has 4 fully saturated rings.